The largest absolute Gasteiger partial charge is 0.480 e. The average molecular weight is 511 g/mol. The summed E-state index contributed by atoms with van der Waals surface area (Å²) in [5.41, 5.74) is 2.34. The molecule has 0 saturated heterocycles. The molecule has 2 atom stereocenters. The minimum absolute atomic E-state index is 0.0171. The van der Waals surface area contributed by atoms with E-state index in [-0.39, 0.29) is 37.7 Å². The summed E-state index contributed by atoms with van der Waals surface area (Å²) in [5.74, 6) is -3.67. The van der Waals surface area contributed by atoms with Crippen molar-refractivity contribution >= 4 is 17.7 Å². The molecular weight excluding hydrogens is 470 g/mol. The first-order chi connectivity index (χ1) is 17.1. The molecule has 0 spiro atoms. The predicted octanol–water partition coefficient (Wildman–Crippen LogP) is 3.49. The molecule has 1 aromatic heterocycles. The Hall–Kier alpha value is -2.33. The van der Waals surface area contributed by atoms with Crippen molar-refractivity contribution < 1.29 is 28.2 Å². The SMILES string of the molecule is CO[C@H](C)CN(CCCCc1ccc2c(n1)NCCC2)CC[C@H](NC(=O)CC1CC(F)(F)C1)C(=O)O. The van der Waals surface area contributed by atoms with Crippen LogP contribution in [0.2, 0.25) is 0 Å². The van der Waals surface area contributed by atoms with Crippen LogP contribution in [0.3, 0.4) is 0 Å². The van der Waals surface area contributed by atoms with Gasteiger partial charge < -0.3 is 25.4 Å². The molecule has 1 aromatic rings. The number of hydrogen-bond donors (Lipinski definition) is 3. The highest BCUT2D eigenvalue weighted by molar-refractivity contribution is 5.83. The lowest BCUT2D eigenvalue weighted by Gasteiger charge is -2.34. The van der Waals surface area contributed by atoms with E-state index in [9.17, 15) is 23.5 Å². The summed E-state index contributed by atoms with van der Waals surface area (Å²) in [5, 5.41) is 15.5. The third-order valence-corrected chi connectivity index (χ3v) is 7.04. The molecule has 1 aliphatic carbocycles. The van der Waals surface area contributed by atoms with E-state index in [1.807, 2.05) is 6.92 Å². The van der Waals surface area contributed by atoms with Crippen molar-refractivity contribution in [1.29, 1.82) is 0 Å². The summed E-state index contributed by atoms with van der Waals surface area (Å²) in [6.45, 7) is 4.82. The Balaban J connectivity index is 1.44. The molecule has 2 heterocycles. The van der Waals surface area contributed by atoms with E-state index in [0.717, 1.165) is 56.7 Å². The monoisotopic (exact) mass is 510 g/mol. The summed E-state index contributed by atoms with van der Waals surface area (Å²) < 4.78 is 31.4. The third kappa shape index (κ3) is 8.96. The third-order valence-electron chi connectivity index (χ3n) is 7.04. The molecule has 0 unspecified atom stereocenters. The van der Waals surface area contributed by atoms with Crippen LogP contribution < -0.4 is 10.6 Å². The number of aryl methyl sites for hydroxylation is 2. The Morgan fingerprint density at radius 2 is 2.08 bits per heavy atom. The van der Waals surface area contributed by atoms with E-state index in [1.54, 1.807) is 7.11 Å². The first-order valence-electron chi connectivity index (χ1n) is 13.0. The van der Waals surface area contributed by atoms with Gasteiger partial charge in [0.25, 0.3) is 0 Å². The zero-order valence-electron chi connectivity index (χ0n) is 21.4. The number of amides is 1. The fourth-order valence-electron chi connectivity index (χ4n) is 4.90. The second kappa shape index (κ2) is 13.3. The number of alkyl halides is 2. The van der Waals surface area contributed by atoms with Gasteiger partial charge in [0, 0.05) is 51.7 Å². The van der Waals surface area contributed by atoms with Gasteiger partial charge in [-0.25, -0.2) is 18.6 Å². The number of nitrogens with zero attached hydrogens (tertiary/aromatic N) is 2. The van der Waals surface area contributed by atoms with Gasteiger partial charge in [-0.1, -0.05) is 6.07 Å². The minimum Gasteiger partial charge on any atom is -0.480 e. The number of carboxylic acid groups (broad SMARTS) is 1. The van der Waals surface area contributed by atoms with Gasteiger partial charge >= 0.3 is 5.97 Å². The van der Waals surface area contributed by atoms with Crippen LogP contribution >= 0.6 is 0 Å². The molecule has 0 aromatic carbocycles. The Labute approximate surface area is 212 Å². The summed E-state index contributed by atoms with van der Waals surface area (Å²) in [7, 11) is 1.64. The number of carboxylic acids is 1. The van der Waals surface area contributed by atoms with Crippen molar-refractivity contribution in [2.75, 3.05) is 38.6 Å². The highest BCUT2D eigenvalue weighted by Crippen LogP contribution is 2.43. The molecule has 1 fully saturated rings. The number of aromatic nitrogens is 1. The van der Waals surface area contributed by atoms with Gasteiger partial charge in [-0.15, -0.1) is 0 Å². The minimum atomic E-state index is -2.69. The van der Waals surface area contributed by atoms with E-state index in [1.165, 1.54) is 5.56 Å². The maximum absolute atomic E-state index is 13.0. The first kappa shape index (κ1) is 28.2. The maximum Gasteiger partial charge on any atom is 0.326 e. The zero-order valence-corrected chi connectivity index (χ0v) is 21.4. The second-order valence-corrected chi connectivity index (χ2v) is 10.2. The first-order valence-corrected chi connectivity index (χ1v) is 13.0. The van der Waals surface area contributed by atoms with Crippen LogP contribution in [0.4, 0.5) is 14.6 Å². The number of aliphatic carboxylic acids is 1. The van der Waals surface area contributed by atoms with Gasteiger partial charge in [0.05, 0.1) is 6.10 Å². The van der Waals surface area contributed by atoms with Crippen molar-refractivity contribution in [3.63, 3.8) is 0 Å². The van der Waals surface area contributed by atoms with Crippen molar-refractivity contribution in [2.45, 2.75) is 82.8 Å². The summed E-state index contributed by atoms with van der Waals surface area (Å²) >= 11 is 0. The van der Waals surface area contributed by atoms with Crippen molar-refractivity contribution in [3.8, 4) is 0 Å². The number of pyridine rings is 1. The van der Waals surface area contributed by atoms with E-state index in [2.05, 4.69) is 27.7 Å². The number of nitrogens with one attached hydrogen (secondary N) is 2. The molecule has 8 nitrogen and oxygen atoms in total. The number of hydrogen-bond acceptors (Lipinski definition) is 6. The number of anilines is 1. The number of carbonyl (C=O) groups is 2. The average Bonchev–Trinajstić information content (AvgIpc) is 2.82. The Morgan fingerprint density at radius 1 is 1.31 bits per heavy atom. The van der Waals surface area contributed by atoms with E-state index in [4.69, 9.17) is 9.72 Å². The molecule has 3 N–H and O–H groups in total. The number of fused-ring (bicyclic) bond motifs is 1. The van der Waals surface area contributed by atoms with Gasteiger partial charge in [0.1, 0.15) is 11.9 Å². The quantitative estimate of drug-likeness (QED) is 0.310. The molecule has 2 aliphatic rings. The molecular formula is C26H40F2N4O4. The number of unbranched alkanes of at least 4 members (excludes halogenated alkanes) is 1. The van der Waals surface area contributed by atoms with Crippen LogP contribution in [0.25, 0.3) is 0 Å². The van der Waals surface area contributed by atoms with Crippen molar-refractivity contribution in [3.05, 3.63) is 23.4 Å². The summed E-state index contributed by atoms with van der Waals surface area (Å²) in [4.78, 5) is 30.8. The second-order valence-electron chi connectivity index (χ2n) is 10.2. The fourth-order valence-corrected chi connectivity index (χ4v) is 4.90. The number of ether oxygens (including phenoxy) is 1. The smallest absolute Gasteiger partial charge is 0.326 e. The van der Waals surface area contributed by atoms with Crippen molar-refractivity contribution in [2.24, 2.45) is 5.92 Å². The number of methoxy groups -OCH3 is 1. The van der Waals surface area contributed by atoms with Crippen LogP contribution in [0, 0.1) is 5.92 Å². The van der Waals surface area contributed by atoms with Gasteiger partial charge in [-0.2, -0.15) is 0 Å². The lowest BCUT2D eigenvalue weighted by Crippen LogP contribution is -2.46. The molecule has 0 radical (unpaired) electrons. The van der Waals surface area contributed by atoms with Crippen LogP contribution in [0.1, 0.15) is 63.1 Å². The Morgan fingerprint density at radius 3 is 2.78 bits per heavy atom. The summed E-state index contributed by atoms with van der Waals surface area (Å²) in [6.07, 6.45) is 4.49. The molecule has 10 heteroatoms. The topological polar surface area (TPSA) is 104 Å². The number of halogens is 2. The van der Waals surface area contributed by atoms with Gasteiger partial charge in [0.15, 0.2) is 0 Å². The van der Waals surface area contributed by atoms with Crippen molar-refractivity contribution in [1.82, 2.24) is 15.2 Å². The fraction of sp³-hybridized carbons (Fsp3) is 0.731. The molecule has 202 valence electrons. The van der Waals surface area contributed by atoms with E-state index < -0.39 is 23.8 Å². The predicted molar refractivity (Wildman–Crippen MR) is 133 cm³/mol. The Bertz CT molecular complexity index is 878. The number of carbonyl (C=O) groups excluding carboxylic acids is 1. The van der Waals surface area contributed by atoms with Gasteiger partial charge in [-0.05, 0) is 69.5 Å². The molecule has 3 rings (SSSR count). The van der Waals surface area contributed by atoms with Crippen LogP contribution in [-0.4, -0.2) is 78.2 Å². The van der Waals surface area contributed by atoms with Crippen LogP contribution in [0.5, 0.6) is 0 Å². The maximum atomic E-state index is 13.0. The highest BCUT2D eigenvalue weighted by atomic mass is 19.3. The standard InChI is InChI=1S/C26H40F2N4O4/c1-18(36-2)17-32(12-4-3-7-21-9-8-20-6-5-11-29-24(20)30-21)13-10-22(25(34)35)31-23(33)14-19-15-26(27,28)16-19/h8-9,18-19,22H,3-7,10-17H2,1-2H3,(H,29,30)(H,31,33)(H,34,35)/t18-,22+/m1/s1. The van der Waals surface area contributed by atoms with Gasteiger partial charge in [0.2, 0.25) is 11.8 Å². The zero-order chi connectivity index (χ0) is 26.1. The molecule has 0 bridgehead atoms. The molecule has 36 heavy (non-hydrogen) atoms. The lowest BCUT2D eigenvalue weighted by molar-refractivity contribution is -0.144. The molecule has 1 saturated carbocycles. The lowest BCUT2D eigenvalue weighted by atomic mass is 9.79. The highest BCUT2D eigenvalue weighted by Gasteiger charge is 2.45. The van der Waals surface area contributed by atoms with E-state index >= 15 is 0 Å². The summed E-state index contributed by atoms with van der Waals surface area (Å²) in [6, 6.07) is 3.21. The Kier molecular flexibility index (Phi) is 10.4. The van der Waals surface area contributed by atoms with Gasteiger partial charge in [-0.3, -0.25) is 4.79 Å². The molecule has 1 amide bonds. The van der Waals surface area contributed by atoms with Crippen LogP contribution in [0.15, 0.2) is 12.1 Å². The number of rotatable bonds is 15. The van der Waals surface area contributed by atoms with Crippen LogP contribution in [-0.2, 0) is 27.2 Å². The van der Waals surface area contributed by atoms with E-state index in [0.29, 0.717) is 13.1 Å². The normalized spacial score (nSPS) is 18.6. The molecule has 1 aliphatic heterocycles.